The normalized spacial score (nSPS) is 10.8. The average Bonchev–Trinajstić information content (AvgIpc) is 2.57. The highest BCUT2D eigenvalue weighted by atomic mass is 35.5. The number of hydrogen-bond donors (Lipinski definition) is 2. The maximum Gasteiger partial charge on any atom is 0.227 e. The summed E-state index contributed by atoms with van der Waals surface area (Å²) in [6, 6.07) is 3.59. The molecule has 0 aromatic heterocycles. The van der Waals surface area contributed by atoms with E-state index in [1.807, 2.05) is 26.8 Å². The first-order chi connectivity index (χ1) is 11.0. The van der Waals surface area contributed by atoms with Gasteiger partial charge in [-0.25, -0.2) is 0 Å². The molecule has 0 aliphatic rings. The fourth-order valence-electron chi connectivity index (χ4n) is 2.48. The van der Waals surface area contributed by atoms with Crippen LogP contribution in [0.25, 0.3) is 0 Å². The third-order valence-corrected chi connectivity index (χ3v) is 4.54. The Morgan fingerprint density at radius 2 is 1.92 bits per heavy atom. The molecule has 0 aliphatic heterocycles. The van der Waals surface area contributed by atoms with Crippen LogP contribution in [-0.4, -0.2) is 26.2 Å². The third kappa shape index (κ3) is 5.16. The van der Waals surface area contributed by atoms with Gasteiger partial charge in [0.1, 0.15) is 0 Å². The van der Waals surface area contributed by atoms with Crippen LogP contribution in [0.1, 0.15) is 39.2 Å². The smallest absolute Gasteiger partial charge is 0.227 e. The Balaban J connectivity index is 0.00000529. The summed E-state index contributed by atoms with van der Waals surface area (Å²) in [6.07, 6.45) is 1.42. The van der Waals surface area contributed by atoms with E-state index in [1.165, 1.54) is 0 Å². The summed E-state index contributed by atoms with van der Waals surface area (Å²) < 4.78 is 10.8. The fourth-order valence-corrected chi connectivity index (χ4v) is 2.77. The third-order valence-electron chi connectivity index (χ3n) is 4.26. The minimum Gasteiger partial charge on any atom is -0.493 e. The van der Waals surface area contributed by atoms with Gasteiger partial charge in [-0.2, -0.15) is 0 Å². The second kappa shape index (κ2) is 10.6. The summed E-state index contributed by atoms with van der Waals surface area (Å²) in [4.78, 5) is 12.5. The van der Waals surface area contributed by atoms with Crippen LogP contribution in [0.3, 0.4) is 0 Å². The quantitative estimate of drug-likeness (QED) is 0.688. The van der Waals surface area contributed by atoms with E-state index in [4.69, 9.17) is 26.8 Å². The van der Waals surface area contributed by atoms with Gasteiger partial charge in [-0.05, 0) is 37.5 Å². The number of amides is 1. The lowest BCUT2D eigenvalue weighted by atomic mass is 9.81. The Kier molecular flexibility index (Phi) is 10.1. The first kappa shape index (κ1) is 22.8. The lowest BCUT2D eigenvalue weighted by Gasteiger charge is -2.28. The molecule has 1 rings (SSSR count). The minimum atomic E-state index is -0.515. The van der Waals surface area contributed by atoms with Gasteiger partial charge in [0.2, 0.25) is 5.91 Å². The Morgan fingerprint density at radius 3 is 2.38 bits per heavy atom. The molecule has 0 bridgehead atoms. The van der Waals surface area contributed by atoms with Gasteiger partial charge in [-0.1, -0.05) is 25.4 Å². The highest BCUT2D eigenvalue weighted by molar-refractivity contribution is 6.32. The molecule has 138 valence electrons. The van der Waals surface area contributed by atoms with Gasteiger partial charge >= 0.3 is 0 Å². The van der Waals surface area contributed by atoms with Gasteiger partial charge < -0.3 is 20.5 Å². The summed E-state index contributed by atoms with van der Waals surface area (Å²) in [7, 11) is 1.56. The SMILES string of the molecule is CCOc1c(Cl)cc(CNC(=O)C(CC)(CC)CN)cc1OC.Cl. The maximum absolute atomic E-state index is 12.5. The van der Waals surface area contributed by atoms with E-state index in [9.17, 15) is 4.79 Å². The van der Waals surface area contributed by atoms with Gasteiger partial charge in [-0.15, -0.1) is 12.4 Å². The highest BCUT2D eigenvalue weighted by Crippen LogP contribution is 2.36. The highest BCUT2D eigenvalue weighted by Gasteiger charge is 2.33. The van der Waals surface area contributed by atoms with E-state index in [0.717, 1.165) is 5.56 Å². The van der Waals surface area contributed by atoms with E-state index >= 15 is 0 Å². The Morgan fingerprint density at radius 1 is 1.29 bits per heavy atom. The standard InChI is InChI=1S/C17H27ClN2O3.ClH/c1-5-17(6-2,11-19)16(21)20-10-12-8-13(18)15(23-7-3)14(9-12)22-4;/h8-9H,5-7,10-11,19H2,1-4H3,(H,20,21);1H. The predicted octanol–water partition coefficient (Wildman–Crippen LogP) is 3.55. The van der Waals surface area contributed by atoms with Crippen molar-refractivity contribution in [3.63, 3.8) is 0 Å². The van der Waals surface area contributed by atoms with E-state index in [-0.39, 0.29) is 18.3 Å². The summed E-state index contributed by atoms with van der Waals surface area (Å²) in [5.74, 6) is 1.04. The number of carbonyl (C=O) groups excluding carboxylic acids is 1. The van der Waals surface area contributed by atoms with Crippen molar-refractivity contribution in [3.8, 4) is 11.5 Å². The van der Waals surface area contributed by atoms with Crippen LogP contribution in [-0.2, 0) is 11.3 Å². The van der Waals surface area contributed by atoms with Crippen LogP contribution >= 0.6 is 24.0 Å². The fraction of sp³-hybridized carbons (Fsp3) is 0.588. The van der Waals surface area contributed by atoms with Gasteiger partial charge in [0.25, 0.3) is 0 Å². The van der Waals surface area contributed by atoms with Crippen molar-refractivity contribution >= 4 is 29.9 Å². The molecule has 1 aromatic rings. The van der Waals surface area contributed by atoms with Crippen molar-refractivity contribution in [3.05, 3.63) is 22.7 Å². The molecule has 3 N–H and O–H groups in total. The topological polar surface area (TPSA) is 73.6 Å². The molecule has 0 unspecified atom stereocenters. The number of ether oxygens (including phenoxy) is 2. The summed E-state index contributed by atoms with van der Waals surface area (Å²) >= 11 is 6.24. The number of hydrogen-bond acceptors (Lipinski definition) is 4. The van der Waals surface area contributed by atoms with Gasteiger partial charge in [0.05, 0.1) is 24.2 Å². The molecule has 0 radical (unpaired) electrons. The number of benzene rings is 1. The van der Waals surface area contributed by atoms with Crippen LogP contribution in [0.2, 0.25) is 5.02 Å². The van der Waals surface area contributed by atoms with Crippen LogP contribution in [0, 0.1) is 5.41 Å². The second-order valence-corrected chi connectivity index (χ2v) is 5.82. The van der Waals surface area contributed by atoms with Crippen LogP contribution < -0.4 is 20.5 Å². The van der Waals surface area contributed by atoms with Crippen molar-refractivity contribution in [2.24, 2.45) is 11.1 Å². The van der Waals surface area contributed by atoms with Crippen LogP contribution in [0.15, 0.2) is 12.1 Å². The molecule has 0 fully saturated rings. The van der Waals surface area contributed by atoms with Crippen LogP contribution in [0.4, 0.5) is 0 Å². The van der Waals surface area contributed by atoms with Crippen molar-refractivity contribution in [2.75, 3.05) is 20.3 Å². The molecule has 24 heavy (non-hydrogen) atoms. The summed E-state index contributed by atoms with van der Waals surface area (Å²) in [5.41, 5.74) is 6.14. The number of methoxy groups -OCH3 is 1. The zero-order chi connectivity index (χ0) is 17.5. The molecule has 0 spiro atoms. The average molecular weight is 379 g/mol. The Hall–Kier alpha value is -1.17. The van der Waals surface area contributed by atoms with Crippen molar-refractivity contribution < 1.29 is 14.3 Å². The molecule has 0 saturated heterocycles. The summed E-state index contributed by atoms with van der Waals surface area (Å²) in [6.45, 7) is 7.03. The second-order valence-electron chi connectivity index (χ2n) is 5.42. The molecule has 0 saturated carbocycles. The summed E-state index contributed by atoms with van der Waals surface area (Å²) in [5, 5.41) is 3.41. The molecular weight excluding hydrogens is 351 g/mol. The van der Waals surface area contributed by atoms with Crippen LogP contribution in [0.5, 0.6) is 11.5 Å². The van der Waals surface area contributed by atoms with Gasteiger partial charge in [0.15, 0.2) is 11.5 Å². The van der Waals surface area contributed by atoms with E-state index < -0.39 is 5.41 Å². The number of nitrogens with two attached hydrogens (primary N) is 1. The number of rotatable bonds is 9. The van der Waals surface area contributed by atoms with Gasteiger partial charge in [0, 0.05) is 13.1 Å². The minimum absolute atomic E-state index is 0. The zero-order valence-electron chi connectivity index (χ0n) is 14.8. The van der Waals surface area contributed by atoms with E-state index in [2.05, 4.69) is 5.32 Å². The lowest BCUT2D eigenvalue weighted by molar-refractivity contribution is -0.131. The van der Waals surface area contributed by atoms with Crippen molar-refractivity contribution in [2.45, 2.75) is 40.2 Å². The monoisotopic (exact) mass is 378 g/mol. The zero-order valence-corrected chi connectivity index (χ0v) is 16.4. The van der Waals surface area contributed by atoms with Crippen molar-refractivity contribution in [1.82, 2.24) is 5.32 Å². The number of carbonyl (C=O) groups is 1. The predicted molar refractivity (Wildman–Crippen MR) is 100 cm³/mol. The number of halogens is 2. The first-order valence-corrected chi connectivity index (χ1v) is 8.33. The van der Waals surface area contributed by atoms with E-state index in [1.54, 1.807) is 13.2 Å². The Labute approximate surface area is 155 Å². The Bertz CT molecular complexity index is 527. The van der Waals surface area contributed by atoms with E-state index in [0.29, 0.717) is 49.1 Å². The van der Waals surface area contributed by atoms with Gasteiger partial charge in [-0.3, -0.25) is 4.79 Å². The molecular formula is C17H28Cl2N2O3. The first-order valence-electron chi connectivity index (χ1n) is 7.95. The molecule has 1 aromatic carbocycles. The molecule has 5 nitrogen and oxygen atoms in total. The molecule has 0 atom stereocenters. The largest absolute Gasteiger partial charge is 0.493 e. The lowest BCUT2D eigenvalue weighted by Crippen LogP contribution is -2.45. The molecule has 0 aliphatic carbocycles. The van der Waals surface area contributed by atoms with Crippen molar-refractivity contribution in [1.29, 1.82) is 0 Å². The number of nitrogens with one attached hydrogen (secondary N) is 1. The molecule has 0 heterocycles. The maximum atomic E-state index is 12.5. The molecule has 7 heteroatoms. The molecule has 1 amide bonds.